The molecule has 2 atom stereocenters. The molecule has 0 radical (unpaired) electrons. The van der Waals surface area contributed by atoms with Crippen LogP contribution in [0.15, 0.2) is 72.8 Å². The van der Waals surface area contributed by atoms with Gasteiger partial charge in [-0.25, -0.2) is 0 Å². The molecule has 3 aromatic carbocycles. The summed E-state index contributed by atoms with van der Waals surface area (Å²) in [6.07, 6.45) is 2.91. The van der Waals surface area contributed by atoms with Crippen molar-refractivity contribution >= 4 is 10.8 Å². The van der Waals surface area contributed by atoms with E-state index < -0.39 is 6.10 Å². The first-order valence-corrected chi connectivity index (χ1v) is 11.1. The number of rotatable bonds is 10. The topological polar surface area (TPSA) is 41.5 Å². The molecule has 3 aromatic rings. The fourth-order valence-corrected chi connectivity index (χ4v) is 4.14. The average Bonchev–Trinajstić information content (AvgIpc) is 3.58. The van der Waals surface area contributed by atoms with Crippen LogP contribution in [0, 0.1) is 5.92 Å². The van der Waals surface area contributed by atoms with Gasteiger partial charge < -0.3 is 15.2 Å². The predicted molar refractivity (Wildman–Crippen MR) is 124 cm³/mol. The van der Waals surface area contributed by atoms with Crippen LogP contribution in [0.4, 0.5) is 0 Å². The van der Waals surface area contributed by atoms with Gasteiger partial charge in [-0.1, -0.05) is 72.8 Å². The van der Waals surface area contributed by atoms with Gasteiger partial charge >= 0.3 is 0 Å². The zero-order valence-corrected chi connectivity index (χ0v) is 18.1. The molecule has 0 spiro atoms. The van der Waals surface area contributed by atoms with Crippen LogP contribution in [0.5, 0.6) is 0 Å². The Morgan fingerprint density at radius 3 is 2.40 bits per heavy atom. The summed E-state index contributed by atoms with van der Waals surface area (Å²) >= 11 is 0. The molecule has 1 fully saturated rings. The molecule has 158 valence electrons. The van der Waals surface area contributed by atoms with Gasteiger partial charge in [-0.15, -0.1) is 0 Å². The van der Waals surface area contributed by atoms with Crippen LogP contribution >= 0.6 is 0 Å². The lowest BCUT2D eigenvalue weighted by Crippen LogP contribution is -2.46. The first-order valence-electron chi connectivity index (χ1n) is 11.1. The summed E-state index contributed by atoms with van der Waals surface area (Å²) in [5.74, 6) is 0.594. The zero-order valence-electron chi connectivity index (χ0n) is 18.1. The number of hydrogen-bond acceptors (Lipinski definition) is 3. The maximum absolute atomic E-state index is 10.5. The van der Waals surface area contributed by atoms with Crippen LogP contribution in [0.3, 0.4) is 0 Å². The van der Waals surface area contributed by atoms with Gasteiger partial charge in [-0.05, 0) is 60.9 Å². The Hall–Kier alpha value is -2.20. The van der Waals surface area contributed by atoms with E-state index in [0.717, 1.165) is 6.42 Å². The van der Waals surface area contributed by atoms with Crippen molar-refractivity contribution in [2.75, 3.05) is 13.2 Å². The van der Waals surface area contributed by atoms with Crippen molar-refractivity contribution in [2.45, 2.75) is 50.9 Å². The van der Waals surface area contributed by atoms with Gasteiger partial charge in [-0.3, -0.25) is 0 Å². The molecule has 0 heterocycles. The molecule has 0 bridgehead atoms. The highest BCUT2D eigenvalue weighted by Gasteiger charge is 2.33. The van der Waals surface area contributed by atoms with Crippen LogP contribution in [0.1, 0.15) is 43.9 Å². The predicted octanol–water partition coefficient (Wildman–Crippen LogP) is 5.28. The smallest absolute Gasteiger partial charge is 0.0898 e. The number of nitrogens with one attached hydrogen (secondary N) is 1. The van der Waals surface area contributed by atoms with Crippen LogP contribution in [-0.2, 0) is 11.2 Å². The quantitative estimate of drug-likeness (QED) is 0.484. The van der Waals surface area contributed by atoms with E-state index in [9.17, 15) is 5.11 Å². The van der Waals surface area contributed by atoms with Crippen molar-refractivity contribution in [2.24, 2.45) is 5.92 Å². The van der Waals surface area contributed by atoms with E-state index in [-0.39, 0.29) is 11.6 Å². The molecule has 2 N–H and O–H groups in total. The molecule has 1 unspecified atom stereocenters. The monoisotopic (exact) mass is 403 g/mol. The van der Waals surface area contributed by atoms with E-state index in [1.165, 1.54) is 34.7 Å². The van der Waals surface area contributed by atoms with E-state index >= 15 is 0 Å². The fourth-order valence-electron chi connectivity index (χ4n) is 4.14. The van der Waals surface area contributed by atoms with Gasteiger partial charge in [0.15, 0.2) is 0 Å². The van der Waals surface area contributed by atoms with E-state index in [1.54, 1.807) is 0 Å². The molecule has 30 heavy (non-hydrogen) atoms. The summed E-state index contributed by atoms with van der Waals surface area (Å²) in [6.45, 7) is 5.25. The van der Waals surface area contributed by atoms with Crippen molar-refractivity contribution in [1.29, 1.82) is 0 Å². The molecule has 0 aromatic heterocycles. The number of benzene rings is 3. The second-order valence-corrected chi connectivity index (χ2v) is 9.28. The van der Waals surface area contributed by atoms with Crippen LogP contribution in [-0.4, -0.2) is 29.9 Å². The Morgan fingerprint density at radius 2 is 1.67 bits per heavy atom. The van der Waals surface area contributed by atoms with E-state index in [2.05, 4.69) is 85.9 Å². The molecular formula is C27H33NO2. The Balaban J connectivity index is 1.28. The van der Waals surface area contributed by atoms with Crippen molar-refractivity contribution in [1.82, 2.24) is 5.32 Å². The van der Waals surface area contributed by atoms with Crippen molar-refractivity contribution in [3.63, 3.8) is 0 Å². The lowest BCUT2D eigenvalue weighted by atomic mass is 9.93. The van der Waals surface area contributed by atoms with Gasteiger partial charge in [0.05, 0.1) is 18.8 Å². The van der Waals surface area contributed by atoms with Crippen LogP contribution in [0.25, 0.3) is 10.8 Å². The minimum absolute atomic E-state index is 0.103. The normalized spacial score (nSPS) is 16.5. The highest BCUT2D eigenvalue weighted by molar-refractivity contribution is 5.83. The molecular weight excluding hydrogens is 370 g/mol. The number of aliphatic hydroxyl groups is 1. The van der Waals surface area contributed by atoms with Gasteiger partial charge in [0, 0.05) is 12.1 Å². The Labute approximate surface area is 180 Å². The summed E-state index contributed by atoms with van der Waals surface area (Å²) in [6, 6.07) is 25.5. The summed E-state index contributed by atoms with van der Waals surface area (Å²) in [7, 11) is 0. The van der Waals surface area contributed by atoms with E-state index in [1.807, 2.05) is 6.07 Å². The summed E-state index contributed by atoms with van der Waals surface area (Å²) in [5, 5.41) is 16.6. The zero-order chi connectivity index (χ0) is 21.0. The molecule has 3 nitrogen and oxygen atoms in total. The second kappa shape index (κ2) is 9.30. The third-order valence-corrected chi connectivity index (χ3v) is 5.92. The number of fused-ring (bicyclic) bond motifs is 1. The standard InChI is InChI=1S/C27H33NO2/c1-27(2,17-20-12-13-21-8-6-7-11-24(21)16-20)28-18-25(29)19-30-26(23-14-15-23)22-9-4-3-5-10-22/h3-13,16,23,25-26,28-29H,14-15,17-19H2,1-2H3/t25-,26?/m1/s1. The lowest BCUT2D eigenvalue weighted by molar-refractivity contribution is -0.0211. The molecule has 0 amide bonds. The fraction of sp³-hybridized carbons (Fsp3) is 0.407. The SMILES string of the molecule is CC(C)(Cc1ccc2ccccc2c1)NC[C@@H](O)COC(c1ccccc1)C1CC1. The minimum atomic E-state index is -0.522. The van der Waals surface area contributed by atoms with Crippen LogP contribution < -0.4 is 5.32 Å². The van der Waals surface area contributed by atoms with Gasteiger partial charge in [0.25, 0.3) is 0 Å². The highest BCUT2D eigenvalue weighted by atomic mass is 16.5. The number of β-amino-alcohol motifs (C(OH)–C–C–N with tert-alkyl or cyclic N) is 1. The Bertz CT molecular complexity index is 949. The second-order valence-electron chi connectivity index (χ2n) is 9.28. The molecule has 0 aliphatic heterocycles. The first-order chi connectivity index (χ1) is 14.5. The van der Waals surface area contributed by atoms with Gasteiger partial charge in [0.2, 0.25) is 0 Å². The Kier molecular flexibility index (Phi) is 6.52. The summed E-state index contributed by atoms with van der Waals surface area (Å²) in [5.41, 5.74) is 2.41. The maximum Gasteiger partial charge on any atom is 0.0898 e. The van der Waals surface area contributed by atoms with Crippen molar-refractivity contribution in [3.8, 4) is 0 Å². The molecule has 1 aliphatic carbocycles. The van der Waals surface area contributed by atoms with Gasteiger partial charge in [-0.2, -0.15) is 0 Å². The van der Waals surface area contributed by atoms with E-state index in [4.69, 9.17) is 4.74 Å². The molecule has 3 heteroatoms. The molecule has 1 saturated carbocycles. The maximum atomic E-state index is 10.5. The van der Waals surface area contributed by atoms with Crippen LogP contribution in [0.2, 0.25) is 0 Å². The first kappa shape index (κ1) is 21.0. The lowest BCUT2D eigenvalue weighted by Gasteiger charge is -2.29. The van der Waals surface area contributed by atoms with E-state index in [0.29, 0.717) is 19.1 Å². The highest BCUT2D eigenvalue weighted by Crippen LogP contribution is 2.43. The molecule has 0 saturated heterocycles. The molecule has 1 aliphatic rings. The van der Waals surface area contributed by atoms with Gasteiger partial charge in [0.1, 0.15) is 0 Å². The van der Waals surface area contributed by atoms with Crippen molar-refractivity contribution in [3.05, 3.63) is 83.9 Å². The minimum Gasteiger partial charge on any atom is -0.389 e. The number of hydrogen-bond donors (Lipinski definition) is 2. The number of aliphatic hydroxyl groups excluding tert-OH is 1. The molecule has 4 rings (SSSR count). The van der Waals surface area contributed by atoms with Crippen molar-refractivity contribution < 1.29 is 9.84 Å². The third-order valence-electron chi connectivity index (χ3n) is 5.92. The summed E-state index contributed by atoms with van der Waals surface area (Å²) < 4.78 is 6.16. The Morgan fingerprint density at radius 1 is 0.967 bits per heavy atom. The summed E-state index contributed by atoms with van der Waals surface area (Å²) in [4.78, 5) is 0. The largest absolute Gasteiger partial charge is 0.389 e. The average molecular weight is 404 g/mol. The third kappa shape index (κ3) is 5.69. The number of ether oxygens (including phenoxy) is 1.